The van der Waals surface area contributed by atoms with Gasteiger partial charge in [-0.25, -0.2) is 0 Å². The molecule has 2 aliphatic carbocycles. The van der Waals surface area contributed by atoms with Gasteiger partial charge in [0.2, 0.25) is 17.2 Å². The van der Waals surface area contributed by atoms with Crippen molar-refractivity contribution >= 4 is 23.5 Å². The molecule has 1 aromatic rings. The van der Waals surface area contributed by atoms with Crippen molar-refractivity contribution in [3.05, 3.63) is 5.28 Å². The first-order valence-electron chi connectivity index (χ1n) is 7.64. The van der Waals surface area contributed by atoms with Crippen LogP contribution < -0.4 is 9.80 Å². The lowest BCUT2D eigenvalue weighted by atomic mass is 10.3. The van der Waals surface area contributed by atoms with Crippen LogP contribution >= 0.6 is 11.6 Å². The average molecular weight is 296 g/mol. The molecular formula is C14H22ClN5. The Balaban J connectivity index is 1.86. The second-order valence-electron chi connectivity index (χ2n) is 5.70. The molecule has 0 aromatic carbocycles. The summed E-state index contributed by atoms with van der Waals surface area (Å²) in [6.45, 7) is 7.03. The topological polar surface area (TPSA) is 45.2 Å². The van der Waals surface area contributed by atoms with Gasteiger partial charge in [0.05, 0.1) is 0 Å². The fraction of sp³-hybridized carbons (Fsp3) is 0.786. The summed E-state index contributed by atoms with van der Waals surface area (Å²) in [6, 6.07) is 0.610. The summed E-state index contributed by atoms with van der Waals surface area (Å²) in [5, 5.41) is 0.304. The van der Waals surface area contributed by atoms with Gasteiger partial charge in [0.25, 0.3) is 0 Å². The molecule has 2 saturated carbocycles. The molecule has 0 spiro atoms. The maximum Gasteiger partial charge on any atom is 0.231 e. The van der Waals surface area contributed by atoms with Crippen molar-refractivity contribution in [3.8, 4) is 0 Å². The molecular weight excluding hydrogens is 274 g/mol. The molecule has 20 heavy (non-hydrogen) atoms. The van der Waals surface area contributed by atoms with Crippen LogP contribution in [0.3, 0.4) is 0 Å². The molecule has 6 heteroatoms. The number of anilines is 2. The van der Waals surface area contributed by atoms with E-state index in [1.54, 1.807) is 0 Å². The van der Waals surface area contributed by atoms with Gasteiger partial charge >= 0.3 is 0 Å². The van der Waals surface area contributed by atoms with E-state index >= 15 is 0 Å². The Morgan fingerprint density at radius 2 is 1.65 bits per heavy atom. The molecule has 0 radical (unpaired) electrons. The highest BCUT2D eigenvalue weighted by atomic mass is 35.5. The maximum absolute atomic E-state index is 6.11. The molecule has 0 bridgehead atoms. The minimum atomic E-state index is 0.304. The Labute approximate surface area is 125 Å². The predicted molar refractivity (Wildman–Crippen MR) is 81.5 cm³/mol. The second-order valence-corrected chi connectivity index (χ2v) is 6.04. The molecule has 1 aromatic heterocycles. The summed E-state index contributed by atoms with van der Waals surface area (Å²) >= 11 is 6.11. The quantitative estimate of drug-likeness (QED) is 0.774. The van der Waals surface area contributed by atoms with Gasteiger partial charge in [-0.3, -0.25) is 0 Å². The van der Waals surface area contributed by atoms with Crippen LogP contribution in [-0.2, 0) is 0 Å². The molecule has 0 amide bonds. The molecule has 2 aliphatic rings. The third kappa shape index (κ3) is 3.14. The molecule has 110 valence electrons. The van der Waals surface area contributed by atoms with Crippen molar-refractivity contribution in [2.45, 2.75) is 45.6 Å². The molecule has 0 aliphatic heterocycles. The van der Waals surface area contributed by atoms with Crippen LogP contribution in [0.15, 0.2) is 0 Å². The van der Waals surface area contributed by atoms with E-state index in [4.69, 9.17) is 11.6 Å². The highest BCUT2D eigenvalue weighted by Crippen LogP contribution is 2.36. The van der Waals surface area contributed by atoms with Crippen LogP contribution in [-0.4, -0.2) is 40.6 Å². The van der Waals surface area contributed by atoms with Crippen LogP contribution in [0, 0.1) is 5.92 Å². The van der Waals surface area contributed by atoms with Gasteiger partial charge in [-0.1, -0.05) is 0 Å². The SMILES string of the molecule is CCN(CC)c1nc(Cl)nc(N(CC2CC2)C2CC2)n1. The summed E-state index contributed by atoms with van der Waals surface area (Å²) in [5.74, 6) is 2.29. The average Bonchev–Trinajstić information content (AvgIpc) is 3.29. The van der Waals surface area contributed by atoms with Crippen LogP contribution in [0.4, 0.5) is 11.9 Å². The van der Waals surface area contributed by atoms with Crippen LogP contribution in [0.25, 0.3) is 0 Å². The summed E-state index contributed by atoms with van der Waals surface area (Å²) in [4.78, 5) is 17.8. The highest BCUT2D eigenvalue weighted by Gasteiger charge is 2.35. The van der Waals surface area contributed by atoms with Gasteiger partial charge in [0.15, 0.2) is 0 Å². The molecule has 0 unspecified atom stereocenters. The molecule has 1 heterocycles. The minimum absolute atomic E-state index is 0.304. The van der Waals surface area contributed by atoms with Gasteiger partial charge in [0, 0.05) is 25.7 Å². The summed E-state index contributed by atoms with van der Waals surface area (Å²) in [5.41, 5.74) is 0. The summed E-state index contributed by atoms with van der Waals surface area (Å²) in [7, 11) is 0. The Morgan fingerprint density at radius 1 is 1.00 bits per heavy atom. The van der Waals surface area contributed by atoms with E-state index in [1.807, 2.05) is 0 Å². The molecule has 2 fully saturated rings. The van der Waals surface area contributed by atoms with Gasteiger partial charge in [-0.2, -0.15) is 15.0 Å². The smallest absolute Gasteiger partial charge is 0.231 e. The van der Waals surface area contributed by atoms with Crippen molar-refractivity contribution in [3.63, 3.8) is 0 Å². The van der Waals surface area contributed by atoms with E-state index in [2.05, 4.69) is 38.6 Å². The number of nitrogens with zero attached hydrogens (tertiary/aromatic N) is 5. The predicted octanol–water partition coefficient (Wildman–Crippen LogP) is 2.75. The van der Waals surface area contributed by atoms with E-state index in [0.717, 1.165) is 31.5 Å². The Kier molecular flexibility index (Phi) is 3.96. The zero-order chi connectivity index (χ0) is 14.1. The van der Waals surface area contributed by atoms with Crippen molar-refractivity contribution in [2.24, 2.45) is 5.92 Å². The van der Waals surface area contributed by atoms with Crippen molar-refractivity contribution in [1.82, 2.24) is 15.0 Å². The first-order valence-corrected chi connectivity index (χ1v) is 8.02. The minimum Gasteiger partial charge on any atom is -0.341 e. The lowest BCUT2D eigenvalue weighted by molar-refractivity contribution is 0.689. The number of hydrogen-bond acceptors (Lipinski definition) is 5. The zero-order valence-electron chi connectivity index (χ0n) is 12.2. The van der Waals surface area contributed by atoms with E-state index in [1.165, 1.54) is 25.7 Å². The molecule has 0 atom stereocenters. The van der Waals surface area contributed by atoms with Crippen LogP contribution in [0.1, 0.15) is 39.5 Å². The van der Waals surface area contributed by atoms with E-state index < -0.39 is 0 Å². The first-order chi connectivity index (χ1) is 9.71. The lowest BCUT2D eigenvalue weighted by Gasteiger charge is -2.24. The second kappa shape index (κ2) is 5.72. The maximum atomic E-state index is 6.11. The molecule has 0 N–H and O–H groups in total. The van der Waals surface area contributed by atoms with Crippen molar-refractivity contribution in [1.29, 1.82) is 0 Å². The normalized spacial score (nSPS) is 18.1. The lowest BCUT2D eigenvalue weighted by Crippen LogP contribution is -2.31. The van der Waals surface area contributed by atoms with E-state index in [9.17, 15) is 0 Å². The van der Waals surface area contributed by atoms with Gasteiger partial charge in [0.1, 0.15) is 0 Å². The summed E-state index contributed by atoms with van der Waals surface area (Å²) in [6.07, 6.45) is 5.17. The fourth-order valence-electron chi connectivity index (χ4n) is 2.46. The zero-order valence-corrected chi connectivity index (χ0v) is 13.0. The van der Waals surface area contributed by atoms with Gasteiger partial charge in [-0.15, -0.1) is 0 Å². The molecule has 5 nitrogen and oxygen atoms in total. The Hall–Kier alpha value is -1.10. The van der Waals surface area contributed by atoms with E-state index in [0.29, 0.717) is 17.3 Å². The number of aromatic nitrogens is 3. The monoisotopic (exact) mass is 295 g/mol. The van der Waals surface area contributed by atoms with Crippen LogP contribution in [0.2, 0.25) is 5.28 Å². The number of hydrogen-bond donors (Lipinski definition) is 0. The fourth-order valence-corrected chi connectivity index (χ4v) is 2.62. The largest absolute Gasteiger partial charge is 0.341 e. The summed E-state index contributed by atoms with van der Waals surface area (Å²) < 4.78 is 0. The third-order valence-electron chi connectivity index (χ3n) is 4.03. The van der Waals surface area contributed by atoms with Gasteiger partial charge < -0.3 is 9.80 Å². The van der Waals surface area contributed by atoms with E-state index in [-0.39, 0.29) is 0 Å². The van der Waals surface area contributed by atoms with Crippen molar-refractivity contribution < 1.29 is 0 Å². The number of halogens is 1. The Morgan fingerprint density at radius 3 is 2.20 bits per heavy atom. The molecule has 0 saturated heterocycles. The number of rotatable bonds is 7. The Bertz CT molecular complexity index is 469. The van der Waals surface area contributed by atoms with Crippen molar-refractivity contribution in [2.75, 3.05) is 29.4 Å². The molecule has 3 rings (SSSR count). The third-order valence-corrected chi connectivity index (χ3v) is 4.20. The highest BCUT2D eigenvalue weighted by molar-refractivity contribution is 6.28. The van der Waals surface area contributed by atoms with Gasteiger partial charge in [-0.05, 0) is 57.0 Å². The first kappa shape index (κ1) is 13.9. The standard InChI is InChI=1S/C14H22ClN5/c1-3-19(4-2)13-16-12(15)17-14(18-13)20(11-7-8-11)9-10-5-6-10/h10-11H,3-9H2,1-2H3. The van der Waals surface area contributed by atoms with Crippen LogP contribution in [0.5, 0.6) is 0 Å².